The molecule has 0 aliphatic rings. The van der Waals surface area contributed by atoms with Crippen molar-refractivity contribution in [3.63, 3.8) is 0 Å². The van der Waals surface area contributed by atoms with Gasteiger partial charge in [0.1, 0.15) is 0 Å². The minimum atomic E-state index is 0. The first-order chi connectivity index (χ1) is 8.67. The molecule has 0 atom stereocenters. The van der Waals surface area contributed by atoms with Gasteiger partial charge in [0.2, 0.25) is 0 Å². The third-order valence-corrected chi connectivity index (χ3v) is 4.22. The lowest BCUT2D eigenvalue weighted by Gasteiger charge is -2.21. The summed E-state index contributed by atoms with van der Waals surface area (Å²) in [5, 5.41) is 5.46. The second kappa shape index (κ2) is 10.7. The summed E-state index contributed by atoms with van der Waals surface area (Å²) < 4.78 is 1.14. The Morgan fingerprint density at radius 3 is 2.89 bits per heavy atom. The summed E-state index contributed by atoms with van der Waals surface area (Å²) in [5.41, 5.74) is 0. The van der Waals surface area contributed by atoms with Crippen molar-refractivity contribution in [1.82, 2.24) is 10.2 Å². The Hall–Kier alpha value is -0.0800. The Kier molecular flexibility index (Phi) is 10.6. The Morgan fingerprint density at radius 1 is 1.63 bits per heavy atom. The predicted molar refractivity (Wildman–Crippen MR) is 99.7 cm³/mol. The molecule has 0 saturated heterocycles. The van der Waals surface area contributed by atoms with Gasteiger partial charge in [-0.05, 0) is 34.8 Å². The molecule has 3 nitrogen and oxygen atoms in total. The van der Waals surface area contributed by atoms with Crippen LogP contribution in [0.25, 0.3) is 0 Å². The summed E-state index contributed by atoms with van der Waals surface area (Å²) in [4.78, 5) is 7.73. The van der Waals surface area contributed by atoms with Gasteiger partial charge < -0.3 is 10.2 Å². The largest absolute Gasteiger partial charge is 0.351 e. The van der Waals surface area contributed by atoms with E-state index in [0.717, 1.165) is 36.4 Å². The number of rotatable bonds is 6. The van der Waals surface area contributed by atoms with Crippen molar-refractivity contribution in [2.75, 3.05) is 20.6 Å². The van der Waals surface area contributed by atoms with Crippen molar-refractivity contribution in [2.45, 2.75) is 19.4 Å². The summed E-state index contributed by atoms with van der Waals surface area (Å²) >= 11 is 5.20. The summed E-state index contributed by atoms with van der Waals surface area (Å²) in [5.74, 6) is 0.934. The maximum Gasteiger partial charge on any atom is 0.193 e. The van der Waals surface area contributed by atoms with Gasteiger partial charge in [0.05, 0.1) is 6.54 Å². The normalized spacial score (nSPS) is 10.8. The number of unbranched alkanes of at least 4 members (excludes halogenated alkanes) is 1. The molecule has 0 aliphatic heterocycles. The van der Waals surface area contributed by atoms with Gasteiger partial charge in [0.25, 0.3) is 0 Å². The van der Waals surface area contributed by atoms with Crippen molar-refractivity contribution in [3.8, 4) is 0 Å². The molecule has 108 valence electrons. The van der Waals surface area contributed by atoms with Crippen LogP contribution in [0.5, 0.6) is 0 Å². The zero-order valence-corrected chi connectivity index (χ0v) is 16.1. The Balaban J connectivity index is 0.00000324. The van der Waals surface area contributed by atoms with Crippen molar-refractivity contribution in [3.05, 3.63) is 33.5 Å². The van der Waals surface area contributed by atoms with E-state index < -0.39 is 0 Å². The smallest absolute Gasteiger partial charge is 0.193 e. The summed E-state index contributed by atoms with van der Waals surface area (Å²) in [7, 11) is 3.87. The second-order valence-electron chi connectivity index (χ2n) is 3.98. The van der Waals surface area contributed by atoms with Gasteiger partial charge in [0, 0.05) is 35.4 Å². The zero-order valence-electron chi connectivity index (χ0n) is 11.4. The van der Waals surface area contributed by atoms with Gasteiger partial charge in [-0.3, -0.25) is 4.99 Å². The van der Waals surface area contributed by atoms with Gasteiger partial charge in [-0.2, -0.15) is 0 Å². The van der Waals surface area contributed by atoms with Crippen LogP contribution in [-0.2, 0) is 6.54 Å². The quantitative estimate of drug-likeness (QED) is 0.229. The fraction of sp³-hybridized carbons (Fsp3) is 0.462. The number of hydrogen-bond acceptors (Lipinski definition) is 2. The molecule has 0 bridgehead atoms. The number of nitrogens with one attached hydrogen (secondary N) is 1. The first-order valence-electron chi connectivity index (χ1n) is 5.93. The average molecular weight is 458 g/mol. The van der Waals surface area contributed by atoms with Crippen LogP contribution in [0.1, 0.15) is 17.7 Å². The summed E-state index contributed by atoms with van der Waals surface area (Å²) in [6.45, 7) is 5.53. The lowest BCUT2D eigenvalue weighted by molar-refractivity contribution is 0.470. The van der Waals surface area contributed by atoms with Gasteiger partial charge >= 0.3 is 0 Å². The minimum absolute atomic E-state index is 0. The van der Waals surface area contributed by atoms with E-state index in [-0.39, 0.29) is 24.0 Å². The highest BCUT2D eigenvalue weighted by Gasteiger charge is 2.05. The van der Waals surface area contributed by atoms with Gasteiger partial charge in [-0.1, -0.05) is 6.08 Å². The number of nitrogens with zero attached hydrogens (tertiary/aromatic N) is 2. The third-order valence-electron chi connectivity index (χ3n) is 2.52. The van der Waals surface area contributed by atoms with Gasteiger partial charge in [0.15, 0.2) is 5.96 Å². The van der Waals surface area contributed by atoms with Crippen molar-refractivity contribution >= 4 is 57.2 Å². The first-order valence-corrected chi connectivity index (χ1v) is 7.60. The minimum Gasteiger partial charge on any atom is -0.351 e. The molecular formula is C13H21BrIN3S. The number of thiophene rings is 1. The van der Waals surface area contributed by atoms with E-state index >= 15 is 0 Å². The van der Waals surface area contributed by atoms with Crippen LogP contribution in [0.3, 0.4) is 0 Å². The number of aliphatic imine (C=N–C) groups is 1. The molecule has 0 radical (unpaired) electrons. The second-order valence-corrected chi connectivity index (χ2v) is 5.90. The molecule has 0 aliphatic carbocycles. The zero-order chi connectivity index (χ0) is 13.4. The Bertz CT molecular complexity index is 406. The standard InChI is InChI=1S/C13H20BrN3S.HI/c1-4-5-6-7-17(3)13(15-2)16-9-12-8-11(14)10-18-12;/h4,8,10H,1,5-7,9H2,2-3H3,(H,15,16);1H. The summed E-state index contributed by atoms with van der Waals surface area (Å²) in [6, 6.07) is 2.13. The van der Waals surface area contributed by atoms with Crippen LogP contribution >= 0.6 is 51.2 Å². The van der Waals surface area contributed by atoms with Crippen molar-refractivity contribution in [1.29, 1.82) is 0 Å². The number of guanidine groups is 1. The van der Waals surface area contributed by atoms with E-state index in [1.54, 1.807) is 11.3 Å². The molecule has 0 unspecified atom stereocenters. The fourth-order valence-corrected chi connectivity index (χ4v) is 2.97. The third kappa shape index (κ3) is 7.31. The van der Waals surface area contributed by atoms with Crippen LogP contribution in [0.4, 0.5) is 0 Å². The molecule has 19 heavy (non-hydrogen) atoms. The van der Waals surface area contributed by atoms with Crippen LogP contribution in [0.15, 0.2) is 33.6 Å². The monoisotopic (exact) mass is 457 g/mol. The van der Waals surface area contributed by atoms with E-state index in [4.69, 9.17) is 0 Å². The average Bonchev–Trinajstić information content (AvgIpc) is 2.76. The highest BCUT2D eigenvalue weighted by Crippen LogP contribution is 2.19. The van der Waals surface area contributed by atoms with Crippen LogP contribution in [0.2, 0.25) is 0 Å². The molecule has 6 heteroatoms. The molecule has 0 amide bonds. The van der Waals surface area contributed by atoms with Crippen LogP contribution in [-0.4, -0.2) is 31.5 Å². The molecule has 1 heterocycles. The lowest BCUT2D eigenvalue weighted by Crippen LogP contribution is -2.38. The Labute approximate surface area is 145 Å². The number of hydrogen-bond donors (Lipinski definition) is 1. The first kappa shape index (κ1) is 18.9. The van der Waals surface area contributed by atoms with Crippen LogP contribution in [0, 0.1) is 0 Å². The predicted octanol–water partition coefficient (Wildman–Crippen LogP) is 4.10. The number of allylic oxidation sites excluding steroid dienone is 1. The van der Waals surface area contributed by atoms with Gasteiger partial charge in [-0.15, -0.1) is 41.9 Å². The maximum atomic E-state index is 4.29. The molecule has 0 fully saturated rings. The van der Waals surface area contributed by atoms with E-state index in [9.17, 15) is 0 Å². The van der Waals surface area contributed by atoms with E-state index in [0.29, 0.717) is 0 Å². The van der Waals surface area contributed by atoms with Crippen molar-refractivity contribution < 1.29 is 0 Å². The molecule has 1 N–H and O–H groups in total. The van der Waals surface area contributed by atoms with E-state index in [1.807, 2.05) is 13.1 Å². The highest BCUT2D eigenvalue weighted by molar-refractivity contribution is 14.0. The summed E-state index contributed by atoms with van der Waals surface area (Å²) in [6.07, 6.45) is 4.09. The van der Waals surface area contributed by atoms with E-state index in [1.165, 1.54) is 4.88 Å². The fourth-order valence-electron chi connectivity index (χ4n) is 1.58. The molecule has 1 aromatic heterocycles. The van der Waals surface area contributed by atoms with Crippen LogP contribution < -0.4 is 5.32 Å². The highest BCUT2D eigenvalue weighted by atomic mass is 127. The molecule has 1 aromatic rings. The molecule has 1 rings (SSSR count). The topological polar surface area (TPSA) is 27.6 Å². The lowest BCUT2D eigenvalue weighted by atomic mass is 10.3. The number of halogens is 2. The van der Waals surface area contributed by atoms with Crippen molar-refractivity contribution in [2.24, 2.45) is 4.99 Å². The molecule has 0 saturated carbocycles. The molecular weight excluding hydrogens is 437 g/mol. The Morgan fingerprint density at radius 2 is 2.37 bits per heavy atom. The molecule has 0 spiro atoms. The van der Waals surface area contributed by atoms with E-state index in [2.05, 4.69) is 56.2 Å². The van der Waals surface area contributed by atoms with Gasteiger partial charge in [-0.25, -0.2) is 0 Å². The molecule has 0 aromatic carbocycles. The SMILES string of the molecule is C=CCCCN(C)C(=NC)NCc1cc(Br)cs1.I. The maximum absolute atomic E-state index is 4.29.